The molecule has 2 N–H and O–H groups in total. The highest BCUT2D eigenvalue weighted by atomic mass is 32.2. The van der Waals surface area contributed by atoms with Crippen LogP contribution in [0.15, 0.2) is 99.8 Å². The quantitative estimate of drug-likeness (QED) is 0.293. The molecule has 7 nitrogen and oxygen atoms in total. The molecule has 0 aliphatic rings. The standard InChI is InChI=1S/C27H29N3O4S2/c1-20(13-15-30-16-14-21-18-24(35(2)32)11-12-26(21)30)28-19-27(31)22-7-6-8-23(17-22)29-36(33,34)25-9-4-3-5-10-25/h3-12,14,16-18,27,29,31H,13,15,19H2,1-2H3/t27-,35?/m0/s1. The van der Waals surface area contributed by atoms with Gasteiger partial charge in [0.2, 0.25) is 0 Å². The van der Waals surface area contributed by atoms with Gasteiger partial charge in [0.15, 0.2) is 0 Å². The van der Waals surface area contributed by atoms with Gasteiger partial charge in [0.1, 0.15) is 0 Å². The smallest absolute Gasteiger partial charge is 0.261 e. The van der Waals surface area contributed by atoms with Crippen molar-refractivity contribution in [3.05, 3.63) is 90.6 Å². The Morgan fingerprint density at radius 2 is 1.83 bits per heavy atom. The van der Waals surface area contributed by atoms with Crippen molar-refractivity contribution < 1.29 is 17.7 Å². The molecule has 0 bridgehead atoms. The monoisotopic (exact) mass is 523 g/mol. The molecule has 4 aromatic rings. The Bertz CT molecular complexity index is 1510. The highest BCUT2D eigenvalue weighted by Gasteiger charge is 2.15. The van der Waals surface area contributed by atoms with Gasteiger partial charge < -0.3 is 9.67 Å². The van der Waals surface area contributed by atoms with E-state index >= 15 is 0 Å². The van der Waals surface area contributed by atoms with Gasteiger partial charge in [0.05, 0.1) is 17.5 Å². The molecule has 1 heterocycles. The van der Waals surface area contributed by atoms with Crippen LogP contribution < -0.4 is 4.72 Å². The molecule has 0 radical (unpaired) electrons. The minimum Gasteiger partial charge on any atom is -0.386 e. The second-order valence-corrected chi connectivity index (χ2v) is 11.6. The number of aromatic nitrogens is 1. The van der Waals surface area contributed by atoms with Crippen molar-refractivity contribution in [1.82, 2.24) is 4.57 Å². The fraction of sp³-hybridized carbons (Fsp3) is 0.222. The Hall–Kier alpha value is -3.27. The second kappa shape index (κ2) is 11.2. The van der Waals surface area contributed by atoms with Crippen molar-refractivity contribution in [2.75, 3.05) is 17.5 Å². The summed E-state index contributed by atoms with van der Waals surface area (Å²) >= 11 is 0. The fourth-order valence-electron chi connectivity index (χ4n) is 3.88. The Kier molecular flexibility index (Phi) is 8.03. The van der Waals surface area contributed by atoms with Crippen LogP contribution >= 0.6 is 0 Å². The average Bonchev–Trinajstić information content (AvgIpc) is 3.28. The van der Waals surface area contributed by atoms with E-state index in [0.717, 1.165) is 34.5 Å². The van der Waals surface area contributed by atoms with E-state index in [0.29, 0.717) is 11.3 Å². The van der Waals surface area contributed by atoms with Crippen LogP contribution in [0.3, 0.4) is 0 Å². The number of sulfonamides is 1. The predicted molar refractivity (Wildman–Crippen MR) is 146 cm³/mol. The van der Waals surface area contributed by atoms with E-state index in [1.807, 2.05) is 37.4 Å². The molecule has 0 aliphatic heterocycles. The molecule has 0 saturated heterocycles. The Labute approximate surface area is 214 Å². The highest BCUT2D eigenvalue weighted by Crippen LogP contribution is 2.22. The second-order valence-electron chi connectivity index (χ2n) is 8.57. The van der Waals surface area contributed by atoms with E-state index in [4.69, 9.17) is 0 Å². The summed E-state index contributed by atoms with van der Waals surface area (Å²) in [7, 11) is -4.72. The molecule has 0 aliphatic carbocycles. The van der Waals surface area contributed by atoms with E-state index in [2.05, 4.69) is 14.3 Å². The molecule has 0 amide bonds. The van der Waals surface area contributed by atoms with Crippen LogP contribution in [-0.2, 0) is 27.4 Å². The van der Waals surface area contributed by atoms with E-state index in [-0.39, 0.29) is 11.4 Å². The zero-order valence-corrected chi connectivity index (χ0v) is 21.8. The van der Waals surface area contributed by atoms with Crippen molar-refractivity contribution >= 4 is 43.1 Å². The number of anilines is 1. The van der Waals surface area contributed by atoms with Crippen molar-refractivity contribution in [3.63, 3.8) is 0 Å². The number of aliphatic imine (C=N–C) groups is 1. The number of fused-ring (bicyclic) bond motifs is 1. The number of benzene rings is 3. The molecule has 0 saturated carbocycles. The lowest BCUT2D eigenvalue weighted by Gasteiger charge is -2.13. The lowest BCUT2D eigenvalue weighted by Crippen LogP contribution is -2.13. The van der Waals surface area contributed by atoms with Crippen molar-refractivity contribution in [1.29, 1.82) is 0 Å². The highest BCUT2D eigenvalue weighted by molar-refractivity contribution is 7.92. The van der Waals surface area contributed by atoms with Crippen molar-refractivity contribution in [2.24, 2.45) is 4.99 Å². The number of nitrogens with zero attached hydrogens (tertiary/aromatic N) is 2. The third-order valence-corrected chi connectivity index (χ3v) is 8.22. The van der Waals surface area contributed by atoms with Crippen LogP contribution in [0.2, 0.25) is 0 Å². The summed E-state index contributed by atoms with van der Waals surface area (Å²) in [5.74, 6) is 0. The zero-order chi connectivity index (χ0) is 25.7. The number of aliphatic hydroxyl groups excluding tert-OH is 1. The van der Waals surface area contributed by atoms with E-state index in [1.165, 1.54) is 12.1 Å². The van der Waals surface area contributed by atoms with Gasteiger partial charge in [-0.3, -0.25) is 13.9 Å². The van der Waals surface area contributed by atoms with Gasteiger partial charge in [-0.25, -0.2) is 8.42 Å². The summed E-state index contributed by atoms with van der Waals surface area (Å²) in [6, 6.07) is 22.7. The molecule has 0 fully saturated rings. The van der Waals surface area contributed by atoms with Crippen LogP contribution in [0.1, 0.15) is 25.0 Å². The SMILES string of the molecule is CC(CCn1ccc2cc(S(C)=O)ccc21)=NC[C@H](O)c1cccc(NS(=O)(=O)c2ccccc2)c1. The fourth-order valence-corrected chi connectivity index (χ4v) is 5.51. The van der Waals surface area contributed by atoms with Crippen LogP contribution in [0, 0.1) is 0 Å². The molecule has 2 atom stereocenters. The minimum atomic E-state index is -3.71. The summed E-state index contributed by atoms with van der Waals surface area (Å²) in [5, 5.41) is 11.7. The lowest BCUT2D eigenvalue weighted by molar-refractivity contribution is 0.187. The van der Waals surface area contributed by atoms with Crippen molar-refractivity contribution in [3.8, 4) is 0 Å². The summed E-state index contributed by atoms with van der Waals surface area (Å²) in [6.45, 7) is 2.85. The third-order valence-electron chi connectivity index (χ3n) is 5.90. The summed E-state index contributed by atoms with van der Waals surface area (Å²) in [4.78, 5) is 5.53. The zero-order valence-electron chi connectivity index (χ0n) is 20.2. The maximum atomic E-state index is 12.6. The van der Waals surface area contributed by atoms with Crippen LogP contribution in [0.5, 0.6) is 0 Å². The third kappa shape index (κ3) is 6.29. The molecule has 188 valence electrons. The normalized spacial score (nSPS) is 14.0. The topological polar surface area (TPSA) is 101 Å². The number of aryl methyl sites for hydroxylation is 1. The first-order chi connectivity index (χ1) is 17.2. The van der Waals surface area contributed by atoms with Gasteiger partial charge in [-0.1, -0.05) is 30.3 Å². The van der Waals surface area contributed by atoms with Crippen LogP contribution in [-0.4, -0.2) is 40.8 Å². The molecule has 1 unspecified atom stereocenters. The van der Waals surface area contributed by atoms with Gasteiger partial charge in [-0.2, -0.15) is 0 Å². The van der Waals surface area contributed by atoms with Gasteiger partial charge in [0, 0.05) is 63.4 Å². The first kappa shape index (κ1) is 25.8. The number of hydrogen-bond acceptors (Lipinski definition) is 5. The lowest BCUT2D eigenvalue weighted by atomic mass is 10.1. The van der Waals surface area contributed by atoms with E-state index in [1.54, 1.807) is 48.7 Å². The minimum absolute atomic E-state index is 0.174. The Morgan fingerprint density at radius 1 is 1.06 bits per heavy atom. The number of nitrogens with one attached hydrogen (secondary N) is 1. The Morgan fingerprint density at radius 3 is 2.58 bits per heavy atom. The maximum Gasteiger partial charge on any atom is 0.261 e. The molecular formula is C27H29N3O4S2. The maximum absolute atomic E-state index is 12.6. The molecule has 1 aromatic heterocycles. The van der Waals surface area contributed by atoms with Crippen LogP contribution in [0.4, 0.5) is 5.69 Å². The first-order valence-corrected chi connectivity index (χ1v) is 14.6. The molecule has 4 rings (SSSR count). The van der Waals surface area contributed by atoms with Crippen molar-refractivity contribution in [2.45, 2.75) is 35.8 Å². The van der Waals surface area contributed by atoms with Gasteiger partial charge in [-0.05, 0) is 61.0 Å². The van der Waals surface area contributed by atoms with E-state index < -0.39 is 26.9 Å². The predicted octanol–water partition coefficient (Wildman–Crippen LogP) is 4.76. The number of hydrogen-bond donors (Lipinski definition) is 2. The largest absolute Gasteiger partial charge is 0.386 e. The van der Waals surface area contributed by atoms with Gasteiger partial charge in [0.25, 0.3) is 10.0 Å². The van der Waals surface area contributed by atoms with Crippen LogP contribution in [0.25, 0.3) is 10.9 Å². The van der Waals surface area contributed by atoms with E-state index in [9.17, 15) is 17.7 Å². The summed E-state index contributed by atoms with van der Waals surface area (Å²) in [5.41, 5.74) is 2.95. The van der Waals surface area contributed by atoms with Gasteiger partial charge >= 0.3 is 0 Å². The molecule has 36 heavy (non-hydrogen) atoms. The molecule has 0 spiro atoms. The summed E-state index contributed by atoms with van der Waals surface area (Å²) in [6.07, 6.45) is 3.54. The molecule has 3 aromatic carbocycles. The average molecular weight is 524 g/mol. The number of aliphatic hydroxyl groups is 1. The summed E-state index contributed by atoms with van der Waals surface area (Å²) < 4.78 is 41.6. The molecular weight excluding hydrogens is 494 g/mol. The van der Waals surface area contributed by atoms with Gasteiger partial charge in [-0.15, -0.1) is 0 Å². The number of rotatable bonds is 10. The Balaban J connectivity index is 1.37. The first-order valence-electron chi connectivity index (χ1n) is 11.5. The molecule has 9 heteroatoms.